The Hall–Kier alpha value is 0.170. The molecule has 0 spiro atoms. The molecule has 3 nitrogen and oxygen atoms in total. The van der Waals surface area contributed by atoms with Crippen molar-refractivity contribution in [2.24, 2.45) is 5.92 Å². The van der Waals surface area contributed by atoms with Crippen LogP contribution in [0.5, 0.6) is 0 Å². The number of hydrogen-bond donors (Lipinski definition) is 1. The van der Waals surface area contributed by atoms with E-state index in [-0.39, 0.29) is 0 Å². The van der Waals surface area contributed by atoms with E-state index in [1.54, 1.807) is 7.11 Å². The van der Waals surface area contributed by atoms with E-state index < -0.39 is 0 Å². The highest BCUT2D eigenvalue weighted by atomic mass is 35.5. The van der Waals surface area contributed by atoms with Crippen molar-refractivity contribution in [2.75, 3.05) is 39.4 Å². The number of rotatable bonds is 9. The minimum atomic E-state index is 0.625. The third-order valence-electron chi connectivity index (χ3n) is 3.41. The van der Waals surface area contributed by atoms with E-state index >= 15 is 0 Å². The summed E-state index contributed by atoms with van der Waals surface area (Å²) in [6, 6.07) is 0.625. The van der Waals surface area contributed by atoms with Crippen molar-refractivity contribution >= 4 is 11.6 Å². The van der Waals surface area contributed by atoms with Gasteiger partial charge in [0.25, 0.3) is 0 Å². The second-order valence-electron chi connectivity index (χ2n) is 4.72. The standard InChI is InChI=1S/C13H26ClNO2/c1-16-9-10-17-8-4-7-15-13-6-3-2-5-12(13)11-14/h12-13,15H,2-11H2,1H3. The maximum Gasteiger partial charge on any atom is 0.0700 e. The molecule has 0 aromatic heterocycles. The zero-order valence-corrected chi connectivity index (χ0v) is 11.7. The van der Waals surface area contributed by atoms with Gasteiger partial charge in [0.05, 0.1) is 13.2 Å². The summed E-state index contributed by atoms with van der Waals surface area (Å²) in [5.74, 6) is 1.46. The highest BCUT2D eigenvalue weighted by Crippen LogP contribution is 2.25. The lowest BCUT2D eigenvalue weighted by atomic mass is 9.86. The van der Waals surface area contributed by atoms with Crippen molar-refractivity contribution < 1.29 is 9.47 Å². The molecule has 0 heterocycles. The normalized spacial score (nSPS) is 25.1. The van der Waals surface area contributed by atoms with E-state index in [1.165, 1.54) is 25.7 Å². The molecule has 0 amide bonds. The molecule has 1 fully saturated rings. The molecule has 1 N–H and O–H groups in total. The van der Waals surface area contributed by atoms with Crippen LogP contribution in [-0.4, -0.2) is 45.4 Å². The van der Waals surface area contributed by atoms with E-state index in [9.17, 15) is 0 Å². The Labute approximate surface area is 110 Å². The summed E-state index contributed by atoms with van der Waals surface area (Å²) in [5, 5.41) is 3.62. The predicted molar refractivity (Wildman–Crippen MR) is 71.8 cm³/mol. The van der Waals surface area contributed by atoms with Crippen LogP contribution in [0.15, 0.2) is 0 Å². The van der Waals surface area contributed by atoms with Gasteiger partial charge in [-0.25, -0.2) is 0 Å². The van der Waals surface area contributed by atoms with Gasteiger partial charge in [-0.2, -0.15) is 0 Å². The molecular formula is C13H26ClNO2. The Balaban J connectivity index is 1.97. The van der Waals surface area contributed by atoms with Crippen molar-refractivity contribution in [3.8, 4) is 0 Å². The Bertz CT molecular complexity index is 181. The summed E-state index contributed by atoms with van der Waals surface area (Å²) in [4.78, 5) is 0. The first-order valence-electron chi connectivity index (χ1n) is 6.74. The predicted octanol–water partition coefficient (Wildman–Crippen LogP) is 2.43. The molecule has 1 aliphatic carbocycles. The van der Waals surface area contributed by atoms with Gasteiger partial charge in [0.1, 0.15) is 0 Å². The lowest BCUT2D eigenvalue weighted by Crippen LogP contribution is -2.40. The molecule has 0 aromatic carbocycles. The Morgan fingerprint density at radius 1 is 1.18 bits per heavy atom. The molecule has 4 heteroatoms. The van der Waals surface area contributed by atoms with Gasteiger partial charge in [-0.1, -0.05) is 12.8 Å². The fraction of sp³-hybridized carbons (Fsp3) is 1.00. The molecule has 1 saturated carbocycles. The maximum absolute atomic E-state index is 5.99. The Morgan fingerprint density at radius 2 is 2.00 bits per heavy atom. The lowest BCUT2D eigenvalue weighted by Gasteiger charge is -2.31. The quantitative estimate of drug-likeness (QED) is 0.512. The fourth-order valence-electron chi connectivity index (χ4n) is 2.37. The van der Waals surface area contributed by atoms with E-state index in [4.69, 9.17) is 21.1 Å². The summed E-state index contributed by atoms with van der Waals surface area (Å²) in [6.45, 7) is 3.23. The van der Waals surface area contributed by atoms with Gasteiger partial charge in [0.15, 0.2) is 0 Å². The first kappa shape index (κ1) is 15.2. The van der Waals surface area contributed by atoms with Gasteiger partial charge >= 0.3 is 0 Å². The SMILES string of the molecule is COCCOCCCNC1CCCCC1CCl. The van der Waals surface area contributed by atoms with Crippen molar-refractivity contribution in [3.63, 3.8) is 0 Å². The molecule has 0 bridgehead atoms. The van der Waals surface area contributed by atoms with Gasteiger partial charge < -0.3 is 14.8 Å². The van der Waals surface area contributed by atoms with Crippen LogP contribution in [0, 0.1) is 5.92 Å². The molecule has 0 saturated heterocycles. The zero-order chi connectivity index (χ0) is 12.3. The first-order chi connectivity index (χ1) is 8.38. The fourth-order valence-corrected chi connectivity index (χ4v) is 2.74. The topological polar surface area (TPSA) is 30.5 Å². The third kappa shape index (κ3) is 6.61. The number of ether oxygens (including phenoxy) is 2. The van der Waals surface area contributed by atoms with Gasteiger partial charge in [-0.3, -0.25) is 0 Å². The smallest absolute Gasteiger partial charge is 0.0700 e. The molecule has 1 rings (SSSR count). The van der Waals surface area contributed by atoms with Gasteiger partial charge in [-0.05, 0) is 31.7 Å². The van der Waals surface area contributed by atoms with Crippen molar-refractivity contribution in [2.45, 2.75) is 38.1 Å². The zero-order valence-electron chi connectivity index (χ0n) is 10.9. The molecule has 102 valence electrons. The van der Waals surface area contributed by atoms with Gasteiger partial charge in [0, 0.05) is 25.6 Å². The number of nitrogens with one attached hydrogen (secondary N) is 1. The van der Waals surface area contributed by atoms with E-state index in [2.05, 4.69) is 5.32 Å². The Morgan fingerprint density at radius 3 is 2.76 bits per heavy atom. The molecule has 1 aliphatic rings. The Kier molecular flexibility index (Phi) is 9.07. The molecule has 0 radical (unpaired) electrons. The molecule has 2 atom stereocenters. The number of methoxy groups -OCH3 is 1. The van der Waals surface area contributed by atoms with Crippen LogP contribution in [0.1, 0.15) is 32.1 Å². The van der Waals surface area contributed by atoms with Crippen molar-refractivity contribution in [1.82, 2.24) is 5.32 Å². The van der Waals surface area contributed by atoms with Crippen LogP contribution >= 0.6 is 11.6 Å². The van der Waals surface area contributed by atoms with Crippen LogP contribution in [-0.2, 0) is 9.47 Å². The largest absolute Gasteiger partial charge is 0.382 e. The minimum absolute atomic E-state index is 0.625. The third-order valence-corrected chi connectivity index (χ3v) is 3.81. The summed E-state index contributed by atoms with van der Waals surface area (Å²) in [7, 11) is 1.69. The molecule has 0 aromatic rings. The summed E-state index contributed by atoms with van der Waals surface area (Å²) >= 11 is 5.99. The summed E-state index contributed by atoms with van der Waals surface area (Å²) in [6.07, 6.45) is 6.31. The van der Waals surface area contributed by atoms with Gasteiger partial charge in [0.2, 0.25) is 0 Å². The van der Waals surface area contributed by atoms with E-state index in [0.29, 0.717) is 25.2 Å². The molecule has 2 unspecified atom stereocenters. The molecule has 0 aliphatic heterocycles. The second-order valence-corrected chi connectivity index (χ2v) is 5.03. The average Bonchev–Trinajstić information content (AvgIpc) is 2.38. The highest BCUT2D eigenvalue weighted by Gasteiger charge is 2.23. The van der Waals surface area contributed by atoms with Crippen LogP contribution in [0.2, 0.25) is 0 Å². The monoisotopic (exact) mass is 263 g/mol. The van der Waals surface area contributed by atoms with Crippen LogP contribution in [0.4, 0.5) is 0 Å². The van der Waals surface area contributed by atoms with Crippen LogP contribution in [0.25, 0.3) is 0 Å². The second kappa shape index (κ2) is 10.1. The molecule has 17 heavy (non-hydrogen) atoms. The maximum atomic E-state index is 5.99. The summed E-state index contributed by atoms with van der Waals surface area (Å²) < 4.78 is 10.3. The van der Waals surface area contributed by atoms with Crippen LogP contribution in [0.3, 0.4) is 0 Å². The highest BCUT2D eigenvalue weighted by molar-refractivity contribution is 6.18. The van der Waals surface area contributed by atoms with E-state index in [0.717, 1.165) is 25.5 Å². The molecular weight excluding hydrogens is 238 g/mol. The van der Waals surface area contributed by atoms with Crippen LogP contribution < -0.4 is 5.32 Å². The van der Waals surface area contributed by atoms with Gasteiger partial charge in [-0.15, -0.1) is 11.6 Å². The average molecular weight is 264 g/mol. The number of alkyl halides is 1. The first-order valence-corrected chi connectivity index (χ1v) is 7.28. The van der Waals surface area contributed by atoms with Crippen molar-refractivity contribution in [1.29, 1.82) is 0 Å². The minimum Gasteiger partial charge on any atom is -0.382 e. The number of hydrogen-bond acceptors (Lipinski definition) is 3. The van der Waals surface area contributed by atoms with E-state index in [1.807, 2.05) is 0 Å². The lowest BCUT2D eigenvalue weighted by molar-refractivity contribution is 0.0688. The number of halogens is 1. The summed E-state index contributed by atoms with van der Waals surface area (Å²) in [5.41, 5.74) is 0. The van der Waals surface area contributed by atoms with Crippen molar-refractivity contribution in [3.05, 3.63) is 0 Å².